The number of carbonyl (C=O) groups is 1. The third-order valence-corrected chi connectivity index (χ3v) is 5.24. The van der Waals surface area contributed by atoms with Gasteiger partial charge >= 0.3 is 0 Å². The van der Waals surface area contributed by atoms with E-state index < -0.39 is 0 Å². The number of carbonyl (C=O) groups excluding carboxylic acids is 1. The Labute approximate surface area is 163 Å². The second-order valence-electron chi connectivity index (χ2n) is 5.53. The number of ketones is 1. The number of nitrogens with zero attached hydrogens (tertiary/aromatic N) is 4. The van der Waals surface area contributed by atoms with Crippen LogP contribution in [0.5, 0.6) is 0 Å². The highest BCUT2D eigenvalue weighted by atomic mass is 79.9. The van der Waals surface area contributed by atoms with Crippen LogP contribution in [0.3, 0.4) is 0 Å². The van der Waals surface area contributed by atoms with Gasteiger partial charge in [0.05, 0.1) is 5.75 Å². The van der Waals surface area contributed by atoms with E-state index in [2.05, 4.69) is 31.1 Å². The summed E-state index contributed by atoms with van der Waals surface area (Å²) >= 11 is 4.52. The lowest BCUT2D eigenvalue weighted by Crippen LogP contribution is -2.08. The lowest BCUT2D eigenvalue weighted by Gasteiger charge is -2.07. The van der Waals surface area contributed by atoms with Crippen molar-refractivity contribution in [2.75, 3.05) is 5.75 Å². The van der Waals surface area contributed by atoms with E-state index >= 15 is 0 Å². The predicted octanol–water partition coefficient (Wildman–Crippen LogP) is 4.17. The molecule has 0 atom stereocenters. The SMILES string of the molecule is CCn1c(SCC(=O)Cc2ccc(Br)cc2F)nnc1-c1cccnc1. The largest absolute Gasteiger partial charge is 0.302 e. The number of benzene rings is 1. The first-order valence-corrected chi connectivity index (χ1v) is 9.78. The molecule has 3 rings (SSSR count). The maximum Gasteiger partial charge on any atom is 0.191 e. The summed E-state index contributed by atoms with van der Waals surface area (Å²) in [6.45, 7) is 2.67. The zero-order valence-electron chi connectivity index (χ0n) is 14.0. The standard InChI is InChI=1S/C18H16BrFN4OS/c1-2-24-17(13-4-3-7-21-10-13)22-23-18(24)26-11-15(25)8-12-5-6-14(19)9-16(12)20/h3-7,9-10H,2,8,11H2,1H3. The zero-order valence-corrected chi connectivity index (χ0v) is 16.4. The van der Waals surface area contributed by atoms with E-state index in [1.807, 2.05) is 23.6 Å². The van der Waals surface area contributed by atoms with Crippen molar-refractivity contribution in [3.63, 3.8) is 0 Å². The molecular weight excluding hydrogens is 419 g/mol. The molecule has 3 aromatic rings. The molecule has 8 heteroatoms. The number of aromatic nitrogens is 4. The summed E-state index contributed by atoms with van der Waals surface area (Å²) in [4.78, 5) is 16.3. The smallest absolute Gasteiger partial charge is 0.191 e. The average molecular weight is 435 g/mol. The van der Waals surface area contributed by atoms with Crippen molar-refractivity contribution in [1.29, 1.82) is 0 Å². The molecule has 0 unspecified atom stereocenters. The van der Waals surface area contributed by atoms with Crippen LogP contribution in [0.25, 0.3) is 11.4 Å². The first-order valence-electron chi connectivity index (χ1n) is 8.00. The van der Waals surface area contributed by atoms with Gasteiger partial charge in [0.2, 0.25) is 0 Å². The molecule has 0 bridgehead atoms. The van der Waals surface area contributed by atoms with Gasteiger partial charge in [-0.3, -0.25) is 9.78 Å². The monoisotopic (exact) mass is 434 g/mol. The van der Waals surface area contributed by atoms with Crippen LogP contribution in [0.1, 0.15) is 12.5 Å². The van der Waals surface area contributed by atoms with Crippen molar-refractivity contribution in [1.82, 2.24) is 19.7 Å². The number of thioether (sulfide) groups is 1. The summed E-state index contributed by atoms with van der Waals surface area (Å²) in [7, 11) is 0. The molecule has 0 aliphatic heterocycles. The van der Waals surface area contributed by atoms with Crippen LogP contribution in [-0.2, 0) is 17.8 Å². The third-order valence-electron chi connectivity index (χ3n) is 3.72. The Balaban J connectivity index is 1.68. The molecule has 1 aromatic carbocycles. The minimum Gasteiger partial charge on any atom is -0.302 e. The van der Waals surface area contributed by atoms with Gasteiger partial charge in [0.15, 0.2) is 11.0 Å². The molecule has 0 N–H and O–H groups in total. The van der Waals surface area contributed by atoms with Crippen LogP contribution >= 0.6 is 27.7 Å². The fraction of sp³-hybridized carbons (Fsp3) is 0.222. The van der Waals surface area contributed by atoms with E-state index in [1.54, 1.807) is 24.5 Å². The third kappa shape index (κ3) is 4.37. The van der Waals surface area contributed by atoms with E-state index in [9.17, 15) is 9.18 Å². The first kappa shape index (κ1) is 18.7. The molecule has 2 heterocycles. The summed E-state index contributed by atoms with van der Waals surface area (Å²) in [6, 6.07) is 8.47. The van der Waals surface area contributed by atoms with Gasteiger partial charge in [-0.25, -0.2) is 4.39 Å². The Bertz CT molecular complexity index is 917. The number of hydrogen-bond donors (Lipinski definition) is 0. The lowest BCUT2D eigenvalue weighted by atomic mass is 10.1. The van der Waals surface area contributed by atoms with Crippen LogP contribution in [0.2, 0.25) is 0 Å². The summed E-state index contributed by atoms with van der Waals surface area (Å²) in [5, 5.41) is 9.07. The van der Waals surface area contributed by atoms with Gasteiger partial charge in [0.1, 0.15) is 11.6 Å². The zero-order chi connectivity index (χ0) is 18.5. The summed E-state index contributed by atoms with van der Waals surface area (Å²) in [5.74, 6) is 0.480. The van der Waals surface area contributed by atoms with Crippen LogP contribution in [-0.4, -0.2) is 31.3 Å². The molecule has 0 radical (unpaired) electrons. The van der Waals surface area contributed by atoms with Crippen molar-refractivity contribution >= 4 is 33.5 Å². The Hall–Kier alpha value is -2.06. The fourth-order valence-electron chi connectivity index (χ4n) is 2.46. The normalized spacial score (nSPS) is 10.9. The summed E-state index contributed by atoms with van der Waals surface area (Å²) < 4.78 is 16.5. The average Bonchev–Trinajstić information content (AvgIpc) is 3.06. The van der Waals surface area contributed by atoms with Crippen LogP contribution < -0.4 is 0 Å². The lowest BCUT2D eigenvalue weighted by molar-refractivity contribution is -0.116. The predicted molar refractivity (Wildman–Crippen MR) is 102 cm³/mol. The number of Topliss-reactive ketones (excluding diaryl/α,β-unsaturated/α-hetero) is 1. The molecule has 0 aliphatic carbocycles. The number of hydrogen-bond acceptors (Lipinski definition) is 5. The molecular formula is C18H16BrFN4OS. The minimum absolute atomic E-state index is 0.0574. The maximum atomic E-state index is 13.9. The molecule has 0 saturated heterocycles. The Morgan fingerprint density at radius 1 is 1.31 bits per heavy atom. The highest BCUT2D eigenvalue weighted by molar-refractivity contribution is 9.10. The minimum atomic E-state index is -0.381. The second kappa shape index (κ2) is 8.55. The molecule has 0 aliphatic rings. The molecule has 0 amide bonds. The molecule has 26 heavy (non-hydrogen) atoms. The van der Waals surface area contributed by atoms with Gasteiger partial charge in [0.25, 0.3) is 0 Å². The van der Waals surface area contributed by atoms with Gasteiger partial charge in [-0.2, -0.15) is 0 Å². The highest BCUT2D eigenvalue weighted by Gasteiger charge is 2.15. The Kier molecular flexibility index (Phi) is 6.16. The molecule has 5 nitrogen and oxygen atoms in total. The highest BCUT2D eigenvalue weighted by Crippen LogP contribution is 2.24. The molecule has 0 spiro atoms. The van der Waals surface area contributed by atoms with Crippen molar-refractivity contribution in [3.8, 4) is 11.4 Å². The van der Waals surface area contributed by atoms with E-state index in [-0.39, 0.29) is 23.8 Å². The van der Waals surface area contributed by atoms with E-state index in [4.69, 9.17) is 0 Å². The topological polar surface area (TPSA) is 60.7 Å². The quantitative estimate of drug-likeness (QED) is 0.522. The van der Waals surface area contributed by atoms with Crippen molar-refractivity contribution < 1.29 is 9.18 Å². The van der Waals surface area contributed by atoms with Crippen LogP contribution in [0.4, 0.5) is 4.39 Å². The van der Waals surface area contributed by atoms with Gasteiger partial charge < -0.3 is 4.57 Å². The summed E-state index contributed by atoms with van der Waals surface area (Å²) in [5.41, 5.74) is 1.27. The fourth-order valence-corrected chi connectivity index (χ4v) is 3.66. The van der Waals surface area contributed by atoms with Gasteiger partial charge in [0, 0.05) is 35.4 Å². The number of pyridine rings is 1. The summed E-state index contributed by atoms with van der Waals surface area (Å²) in [6.07, 6.45) is 3.49. The maximum absolute atomic E-state index is 13.9. The van der Waals surface area contributed by atoms with Crippen molar-refractivity contribution in [3.05, 3.63) is 58.6 Å². The van der Waals surface area contributed by atoms with Crippen LogP contribution in [0, 0.1) is 5.82 Å². The van der Waals surface area contributed by atoms with Gasteiger partial charge in [-0.1, -0.05) is 33.8 Å². The number of halogens is 2. The Morgan fingerprint density at radius 2 is 2.15 bits per heavy atom. The van der Waals surface area contributed by atoms with Gasteiger partial charge in [-0.15, -0.1) is 10.2 Å². The first-order chi connectivity index (χ1) is 12.6. The van der Waals surface area contributed by atoms with E-state index in [1.165, 1.54) is 17.8 Å². The van der Waals surface area contributed by atoms with Crippen molar-refractivity contribution in [2.24, 2.45) is 0 Å². The van der Waals surface area contributed by atoms with E-state index in [0.717, 1.165) is 11.4 Å². The van der Waals surface area contributed by atoms with Crippen molar-refractivity contribution in [2.45, 2.75) is 25.0 Å². The second-order valence-corrected chi connectivity index (χ2v) is 7.39. The Morgan fingerprint density at radius 3 is 2.85 bits per heavy atom. The van der Waals surface area contributed by atoms with Crippen LogP contribution in [0.15, 0.2) is 52.4 Å². The molecule has 0 saturated carbocycles. The molecule has 0 fully saturated rings. The molecule has 134 valence electrons. The van der Waals surface area contributed by atoms with Gasteiger partial charge in [-0.05, 0) is 36.8 Å². The molecule has 2 aromatic heterocycles. The number of rotatable bonds is 7. The van der Waals surface area contributed by atoms with E-state index in [0.29, 0.717) is 21.7 Å².